The van der Waals surface area contributed by atoms with Gasteiger partial charge in [0.25, 0.3) is 0 Å². The molecule has 10 nitrogen and oxygen atoms in total. The number of esters is 4. The number of ether oxygens (including phenoxy) is 6. The number of hydrogen-bond donors (Lipinski definition) is 0. The minimum atomic E-state index is -1.24. The molecule has 0 spiro atoms. The van der Waals surface area contributed by atoms with Gasteiger partial charge >= 0.3 is 23.9 Å². The monoisotopic (exact) mass is 592 g/mol. The zero-order chi connectivity index (χ0) is 27.8. The fourth-order valence-corrected chi connectivity index (χ4v) is 4.42. The maximum Gasteiger partial charge on any atom is 0.303 e. The second kappa shape index (κ2) is 13.4. The van der Waals surface area contributed by atoms with Crippen molar-refractivity contribution in [2.24, 2.45) is 0 Å². The summed E-state index contributed by atoms with van der Waals surface area (Å²) in [6.07, 6.45) is -5.64. The molecule has 1 aliphatic rings. The maximum absolute atomic E-state index is 12.1. The van der Waals surface area contributed by atoms with Crippen LogP contribution < -0.4 is 4.74 Å². The Morgan fingerprint density at radius 3 is 2.00 bits per heavy atom. The topological polar surface area (TPSA) is 124 Å². The van der Waals surface area contributed by atoms with Gasteiger partial charge in [0, 0.05) is 37.7 Å². The van der Waals surface area contributed by atoms with Crippen LogP contribution in [0.2, 0.25) is 0 Å². The quantitative estimate of drug-likeness (QED) is 0.313. The molecule has 204 valence electrons. The van der Waals surface area contributed by atoms with Gasteiger partial charge in [-0.05, 0) is 29.8 Å². The van der Waals surface area contributed by atoms with Crippen LogP contribution in [0.3, 0.4) is 0 Å². The Kier molecular flexibility index (Phi) is 10.3. The molecule has 0 aromatic heterocycles. The van der Waals surface area contributed by atoms with Gasteiger partial charge in [-0.25, -0.2) is 0 Å². The molecule has 0 bridgehead atoms. The van der Waals surface area contributed by atoms with E-state index in [0.717, 1.165) is 10.0 Å². The number of carbonyl (C=O) groups is 4. The van der Waals surface area contributed by atoms with Crippen LogP contribution in [0.4, 0.5) is 0 Å². The molecule has 0 amide bonds. The zero-order valence-corrected chi connectivity index (χ0v) is 23.0. The largest absolute Gasteiger partial charge is 0.489 e. The van der Waals surface area contributed by atoms with Crippen molar-refractivity contribution in [1.29, 1.82) is 0 Å². The molecule has 38 heavy (non-hydrogen) atoms. The summed E-state index contributed by atoms with van der Waals surface area (Å²) < 4.78 is 34.6. The van der Waals surface area contributed by atoms with E-state index in [4.69, 9.17) is 28.4 Å². The molecule has 1 fully saturated rings. The van der Waals surface area contributed by atoms with Crippen molar-refractivity contribution < 1.29 is 47.6 Å². The average Bonchev–Trinajstić information content (AvgIpc) is 2.84. The van der Waals surface area contributed by atoms with Crippen LogP contribution in [-0.4, -0.2) is 54.9 Å². The Morgan fingerprint density at radius 2 is 1.39 bits per heavy atom. The van der Waals surface area contributed by atoms with Crippen LogP contribution in [0.5, 0.6) is 5.75 Å². The lowest BCUT2D eigenvalue weighted by molar-refractivity contribution is -0.254. The van der Waals surface area contributed by atoms with Crippen LogP contribution in [0.1, 0.15) is 44.9 Å². The predicted octanol–water partition coefficient (Wildman–Crippen LogP) is 3.83. The first-order valence-electron chi connectivity index (χ1n) is 11.8. The van der Waals surface area contributed by atoms with Gasteiger partial charge in [0.1, 0.15) is 31.2 Å². The predicted molar refractivity (Wildman–Crippen MR) is 136 cm³/mol. The Labute approximate surface area is 228 Å². The highest BCUT2D eigenvalue weighted by Gasteiger charge is 2.52. The molecule has 2 aromatic carbocycles. The molecule has 2 aromatic rings. The van der Waals surface area contributed by atoms with Gasteiger partial charge in [0.05, 0.1) is 0 Å². The van der Waals surface area contributed by atoms with Crippen molar-refractivity contribution in [1.82, 2.24) is 0 Å². The fraction of sp³-hybridized carbons (Fsp3) is 0.407. The van der Waals surface area contributed by atoms with Crippen molar-refractivity contribution in [3.63, 3.8) is 0 Å². The molecule has 5 atom stereocenters. The smallest absolute Gasteiger partial charge is 0.303 e. The van der Waals surface area contributed by atoms with Crippen molar-refractivity contribution in [3.05, 3.63) is 64.1 Å². The van der Waals surface area contributed by atoms with Gasteiger partial charge < -0.3 is 28.4 Å². The molecule has 0 aliphatic carbocycles. The highest BCUT2D eigenvalue weighted by atomic mass is 79.9. The lowest BCUT2D eigenvalue weighted by Crippen LogP contribution is -2.59. The van der Waals surface area contributed by atoms with Gasteiger partial charge in [0.15, 0.2) is 18.3 Å². The first kappa shape index (κ1) is 29.1. The van der Waals surface area contributed by atoms with Gasteiger partial charge in [-0.3, -0.25) is 19.2 Å². The first-order chi connectivity index (χ1) is 18.0. The third-order valence-corrected chi connectivity index (χ3v) is 6.30. The molecule has 1 aliphatic heterocycles. The molecule has 1 heterocycles. The van der Waals surface area contributed by atoms with Crippen LogP contribution in [0.25, 0.3) is 0 Å². The van der Waals surface area contributed by atoms with Crippen LogP contribution >= 0.6 is 15.9 Å². The lowest BCUT2D eigenvalue weighted by atomic mass is 9.90. The van der Waals surface area contributed by atoms with Crippen LogP contribution in [-0.2, 0) is 49.5 Å². The van der Waals surface area contributed by atoms with Gasteiger partial charge in [-0.15, -0.1) is 0 Å². The van der Waals surface area contributed by atoms with E-state index in [1.54, 1.807) is 18.2 Å². The van der Waals surface area contributed by atoms with E-state index in [2.05, 4.69) is 15.9 Å². The molecule has 0 N–H and O–H groups in total. The summed E-state index contributed by atoms with van der Waals surface area (Å²) in [5.41, 5.74) is 1.33. The number of hydrogen-bond acceptors (Lipinski definition) is 10. The molecule has 3 rings (SSSR count). The van der Waals surface area contributed by atoms with Crippen molar-refractivity contribution >= 4 is 39.8 Å². The molecular weight excluding hydrogens is 564 g/mol. The fourth-order valence-electron chi connectivity index (χ4n) is 4.06. The second-order valence-corrected chi connectivity index (χ2v) is 9.43. The Balaban J connectivity index is 2.01. The van der Waals surface area contributed by atoms with Crippen LogP contribution in [0, 0.1) is 0 Å². The van der Waals surface area contributed by atoms with E-state index < -0.39 is 54.4 Å². The Hall–Kier alpha value is -3.44. The standard InChI is InChI=1S/C27H29BrO10/c1-15(29)33-14-23-25(35-16(2)30)27(37-18(4)32)26(36-17(3)31)24(38-23)19-10-11-22(28)20(12-19)13-34-21-8-6-5-7-9-21/h5-12,23-27H,13-14H2,1-4H3/t23-,24+,25-,26+,27?/m1/s1. The first-order valence-corrected chi connectivity index (χ1v) is 12.6. The van der Waals surface area contributed by atoms with E-state index in [0.29, 0.717) is 11.3 Å². The van der Waals surface area contributed by atoms with Gasteiger partial charge in [-0.1, -0.05) is 40.2 Å². The van der Waals surface area contributed by atoms with E-state index in [-0.39, 0.29) is 13.2 Å². The summed E-state index contributed by atoms with van der Waals surface area (Å²) in [6.45, 7) is 4.70. The molecule has 1 unspecified atom stereocenters. The molecule has 1 saturated heterocycles. The molecular formula is C27H29BrO10. The van der Waals surface area contributed by atoms with Crippen molar-refractivity contribution in [2.75, 3.05) is 6.61 Å². The minimum Gasteiger partial charge on any atom is -0.489 e. The van der Waals surface area contributed by atoms with E-state index in [9.17, 15) is 19.2 Å². The summed E-state index contributed by atoms with van der Waals surface area (Å²) in [5, 5.41) is 0. The minimum absolute atomic E-state index is 0.212. The van der Waals surface area contributed by atoms with Crippen molar-refractivity contribution in [3.8, 4) is 5.75 Å². The highest BCUT2D eigenvalue weighted by Crippen LogP contribution is 2.38. The van der Waals surface area contributed by atoms with Crippen molar-refractivity contribution in [2.45, 2.75) is 64.8 Å². The second-order valence-electron chi connectivity index (χ2n) is 8.57. The molecule has 0 saturated carbocycles. The lowest BCUT2D eigenvalue weighted by Gasteiger charge is -2.44. The van der Waals surface area contributed by atoms with E-state index >= 15 is 0 Å². The summed E-state index contributed by atoms with van der Waals surface area (Å²) in [4.78, 5) is 47.6. The molecule has 11 heteroatoms. The molecule has 0 radical (unpaired) electrons. The summed E-state index contributed by atoms with van der Waals surface area (Å²) in [6, 6.07) is 14.6. The summed E-state index contributed by atoms with van der Waals surface area (Å²) in [7, 11) is 0. The van der Waals surface area contributed by atoms with Gasteiger partial charge in [-0.2, -0.15) is 0 Å². The normalized spacial score (nSPS) is 22.6. The number of benzene rings is 2. The highest BCUT2D eigenvalue weighted by molar-refractivity contribution is 9.10. The number of para-hydroxylation sites is 1. The maximum atomic E-state index is 12.1. The summed E-state index contributed by atoms with van der Waals surface area (Å²) in [5.74, 6) is -1.94. The third-order valence-electron chi connectivity index (χ3n) is 5.53. The summed E-state index contributed by atoms with van der Waals surface area (Å²) >= 11 is 3.53. The van der Waals surface area contributed by atoms with Gasteiger partial charge in [0.2, 0.25) is 0 Å². The van der Waals surface area contributed by atoms with E-state index in [1.165, 1.54) is 27.7 Å². The van der Waals surface area contributed by atoms with E-state index in [1.807, 2.05) is 30.3 Å². The average molecular weight is 593 g/mol. The third kappa shape index (κ3) is 8.03. The number of halogens is 1. The zero-order valence-electron chi connectivity index (χ0n) is 21.4. The Morgan fingerprint density at radius 1 is 0.789 bits per heavy atom. The number of rotatable bonds is 9. The SMILES string of the molecule is CC(=O)OC[C@H]1O[C@@H](c2ccc(Br)c(COc3ccccc3)c2)[C@H](OC(C)=O)C(OC(C)=O)[C@@H]1OC(C)=O. The number of carbonyl (C=O) groups excluding carboxylic acids is 4. The van der Waals surface area contributed by atoms with Crippen LogP contribution in [0.15, 0.2) is 53.0 Å². The Bertz CT molecular complexity index is 1150.